The van der Waals surface area contributed by atoms with E-state index in [4.69, 9.17) is 25.8 Å². The molecule has 0 bridgehead atoms. The number of halogens is 1. The molecule has 1 saturated carbocycles. The van der Waals surface area contributed by atoms with Crippen LogP contribution in [0.2, 0.25) is 5.02 Å². The fourth-order valence-corrected chi connectivity index (χ4v) is 3.77. The second-order valence-electron chi connectivity index (χ2n) is 6.69. The Balaban J connectivity index is 1.63. The van der Waals surface area contributed by atoms with Gasteiger partial charge < -0.3 is 24.4 Å². The third kappa shape index (κ3) is 5.19. The van der Waals surface area contributed by atoms with Crippen LogP contribution in [0.5, 0.6) is 5.75 Å². The van der Waals surface area contributed by atoms with Crippen molar-refractivity contribution in [2.45, 2.75) is 37.8 Å². The Morgan fingerprint density at radius 2 is 2.08 bits per heavy atom. The highest BCUT2D eigenvalue weighted by molar-refractivity contribution is 6.30. The third-order valence-electron chi connectivity index (χ3n) is 4.84. The molecule has 1 heterocycles. The van der Waals surface area contributed by atoms with Gasteiger partial charge in [0.1, 0.15) is 12.4 Å². The van der Waals surface area contributed by atoms with Crippen molar-refractivity contribution in [2.24, 2.45) is 11.8 Å². The number of hydrogen-bond donors (Lipinski definition) is 2. The molecule has 1 aromatic rings. The Bertz CT molecular complexity index is 583. The molecule has 0 amide bonds. The normalized spacial score (nSPS) is 25.9. The Labute approximate surface area is 153 Å². The summed E-state index contributed by atoms with van der Waals surface area (Å²) >= 11 is 5.98. The minimum atomic E-state index is -1.25. The molecular formula is C19H25ClO5. The highest BCUT2D eigenvalue weighted by Gasteiger charge is 2.36. The fourth-order valence-electron chi connectivity index (χ4n) is 3.59. The third-order valence-corrected chi connectivity index (χ3v) is 5.08. The zero-order valence-electron chi connectivity index (χ0n) is 14.1. The molecule has 0 spiro atoms. The van der Waals surface area contributed by atoms with Gasteiger partial charge in [-0.2, -0.15) is 0 Å². The van der Waals surface area contributed by atoms with Crippen LogP contribution in [0.15, 0.2) is 36.4 Å². The van der Waals surface area contributed by atoms with Crippen molar-refractivity contribution in [3.05, 3.63) is 41.4 Å². The second kappa shape index (κ2) is 8.52. The van der Waals surface area contributed by atoms with Crippen LogP contribution in [0.3, 0.4) is 0 Å². The summed E-state index contributed by atoms with van der Waals surface area (Å²) in [6, 6.07) is 7.22. The SMILES string of the molecule is OC(O)C[C@H]1CCCC1/C=C/C1(COc2cccc(Cl)c2)OCCO1. The molecule has 1 saturated heterocycles. The lowest BCUT2D eigenvalue weighted by atomic mass is 9.92. The maximum absolute atomic E-state index is 9.24. The van der Waals surface area contributed by atoms with Crippen LogP contribution in [0.4, 0.5) is 0 Å². The number of rotatable bonds is 7. The van der Waals surface area contributed by atoms with E-state index >= 15 is 0 Å². The topological polar surface area (TPSA) is 68.2 Å². The Morgan fingerprint density at radius 1 is 1.28 bits per heavy atom. The first-order valence-corrected chi connectivity index (χ1v) is 9.16. The average Bonchev–Trinajstić information content (AvgIpc) is 3.21. The van der Waals surface area contributed by atoms with Gasteiger partial charge in [-0.15, -0.1) is 0 Å². The van der Waals surface area contributed by atoms with E-state index in [1.807, 2.05) is 18.2 Å². The summed E-state index contributed by atoms with van der Waals surface area (Å²) in [6.07, 6.45) is 6.32. The quantitative estimate of drug-likeness (QED) is 0.571. The molecule has 5 nitrogen and oxygen atoms in total. The van der Waals surface area contributed by atoms with E-state index in [9.17, 15) is 10.2 Å². The molecule has 2 N–H and O–H groups in total. The molecule has 3 rings (SSSR count). The molecule has 1 aliphatic heterocycles. The first kappa shape index (κ1) is 18.7. The van der Waals surface area contributed by atoms with Crippen molar-refractivity contribution in [1.82, 2.24) is 0 Å². The molecule has 25 heavy (non-hydrogen) atoms. The maximum atomic E-state index is 9.24. The molecule has 0 aromatic heterocycles. The summed E-state index contributed by atoms with van der Waals surface area (Å²) in [5.74, 6) is 0.357. The predicted octanol–water partition coefficient (Wildman–Crippen LogP) is 3.14. The lowest BCUT2D eigenvalue weighted by Gasteiger charge is -2.25. The van der Waals surface area contributed by atoms with Crippen molar-refractivity contribution in [2.75, 3.05) is 19.8 Å². The van der Waals surface area contributed by atoms with Gasteiger partial charge in [-0.05, 0) is 49.0 Å². The monoisotopic (exact) mass is 368 g/mol. The summed E-state index contributed by atoms with van der Waals surface area (Å²) in [5.41, 5.74) is 0. The minimum absolute atomic E-state index is 0.240. The van der Waals surface area contributed by atoms with Crippen molar-refractivity contribution < 1.29 is 24.4 Å². The zero-order valence-corrected chi connectivity index (χ0v) is 14.9. The van der Waals surface area contributed by atoms with Crippen LogP contribution >= 0.6 is 11.6 Å². The summed E-state index contributed by atoms with van der Waals surface area (Å²) in [4.78, 5) is 0. The molecule has 1 aromatic carbocycles. The largest absolute Gasteiger partial charge is 0.488 e. The van der Waals surface area contributed by atoms with E-state index in [2.05, 4.69) is 6.08 Å². The maximum Gasteiger partial charge on any atom is 0.223 e. The number of ether oxygens (including phenoxy) is 3. The van der Waals surface area contributed by atoms with Crippen LogP contribution < -0.4 is 4.74 Å². The minimum Gasteiger partial charge on any atom is -0.488 e. The lowest BCUT2D eigenvalue weighted by Crippen LogP contribution is -2.35. The van der Waals surface area contributed by atoms with E-state index in [0.717, 1.165) is 19.3 Å². The van der Waals surface area contributed by atoms with E-state index < -0.39 is 12.1 Å². The Morgan fingerprint density at radius 3 is 2.80 bits per heavy atom. The molecule has 2 fully saturated rings. The summed E-state index contributed by atoms with van der Waals surface area (Å²) in [5, 5.41) is 19.1. The molecule has 2 aliphatic rings. The summed E-state index contributed by atoms with van der Waals surface area (Å²) in [6.45, 7) is 1.28. The second-order valence-corrected chi connectivity index (χ2v) is 7.12. The lowest BCUT2D eigenvalue weighted by molar-refractivity contribution is -0.139. The first-order valence-electron chi connectivity index (χ1n) is 8.78. The molecule has 6 heteroatoms. The highest BCUT2D eigenvalue weighted by atomic mass is 35.5. The average molecular weight is 369 g/mol. The van der Waals surface area contributed by atoms with Crippen LogP contribution in [0.25, 0.3) is 0 Å². The van der Waals surface area contributed by atoms with Gasteiger partial charge in [0, 0.05) is 11.4 Å². The number of aliphatic hydroxyl groups is 2. The van der Waals surface area contributed by atoms with E-state index in [1.54, 1.807) is 12.1 Å². The summed E-state index contributed by atoms with van der Waals surface area (Å²) < 4.78 is 17.4. The molecular weight excluding hydrogens is 344 g/mol. The van der Waals surface area contributed by atoms with Crippen LogP contribution in [0.1, 0.15) is 25.7 Å². The van der Waals surface area contributed by atoms with E-state index in [-0.39, 0.29) is 12.5 Å². The van der Waals surface area contributed by atoms with Gasteiger partial charge in [0.15, 0.2) is 6.29 Å². The van der Waals surface area contributed by atoms with E-state index in [0.29, 0.717) is 36.3 Å². The van der Waals surface area contributed by atoms with Gasteiger partial charge in [0.25, 0.3) is 0 Å². The van der Waals surface area contributed by atoms with Crippen molar-refractivity contribution in [1.29, 1.82) is 0 Å². The Kier molecular flexibility index (Phi) is 6.36. The molecule has 1 aliphatic carbocycles. The highest BCUT2D eigenvalue weighted by Crippen LogP contribution is 2.36. The standard InChI is InChI=1S/C19H25ClO5/c20-16-5-2-6-17(12-16)23-13-19(24-9-10-25-19)8-7-14-3-1-4-15(14)11-18(21)22/h2,5-8,12,14-15,18,21-22H,1,3-4,9-11,13H2/b8-7+/t14?,15-/m1/s1. The van der Waals surface area contributed by atoms with Gasteiger partial charge >= 0.3 is 0 Å². The first-order chi connectivity index (χ1) is 12.1. The van der Waals surface area contributed by atoms with Crippen molar-refractivity contribution in [3.63, 3.8) is 0 Å². The fraction of sp³-hybridized carbons (Fsp3) is 0.579. The van der Waals surface area contributed by atoms with E-state index in [1.165, 1.54) is 0 Å². The van der Waals surface area contributed by atoms with Gasteiger partial charge in [0.2, 0.25) is 5.79 Å². The van der Waals surface area contributed by atoms with Gasteiger partial charge in [-0.3, -0.25) is 0 Å². The van der Waals surface area contributed by atoms with Crippen molar-refractivity contribution in [3.8, 4) is 5.75 Å². The van der Waals surface area contributed by atoms with Gasteiger partial charge in [-0.1, -0.05) is 30.2 Å². The van der Waals surface area contributed by atoms with Gasteiger partial charge in [-0.25, -0.2) is 0 Å². The number of hydrogen-bond acceptors (Lipinski definition) is 5. The van der Waals surface area contributed by atoms with Crippen LogP contribution in [0, 0.1) is 11.8 Å². The number of benzene rings is 1. The van der Waals surface area contributed by atoms with Gasteiger partial charge in [0.05, 0.1) is 13.2 Å². The Hall–Kier alpha value is -1.11. The zero-order chi connectivity index (χ0) is 17.7. The van der Waals surface area contributed by atoms with Crippen molar-refractivity contribution >= 4 is 11.6 Å². The van der Waals surface area contributed by atoms with Crippen LogP contribution in [-0.4, -0.2) is 42.1 Å². The number of allylic oxidation sites excluding steroid dienone is 1. The summed E-state index contributed by atoms with van der Waals surface area (Å²) in [7, 11) is 0. The predicted molar refractivity (Wildman–Crippen MR) is 94.4 cm³/mol. The molecule has 2 atom stereocenters. The molecule has 138 valence electrons. The smallest absolute Gasteiger partial charge is 0.223 e. The van der Waals surface area contributed by atoms with Crippen LogP contribution in [-0.2, 0) is 9.47 Å². The number of aliphatic hydroxyl groups excluding tert-OH is 1. The molecule has 1 unspecified atom stereocenters. The molecule has 0 radical (unpaired) electrons.